The summed E-state index contributed by atoms with van der Waals surface area (Å²) in [6.45, 7) is 3.91. The van der Waals surface area contributed by atoms with Gasteiger partial charge in [-0.05, 0) is 25.8 Å². The van der Waals surface area contributed by atoms with Gasteiger partial charge in [0, 0.05) is 19.3 Å². The summed E-state index contributed by atoms with van der Waals surface area (Å²) < 4.78 is 12.5. The predicted octanol–water partition coefficient (Wildman–Crippen LogP) is 1.43. The standard InChI is InChI=1S/C12H18N2O3/c1-2-14-7-9(13)6-11(14)12(15)17-10-4-3-5-16-8-10/h6-7,10H,2-5,8,13H2,1H3. The lowest BCUT2D eigenvalue weighted by Crippen LogP contribution is -2.28. The van der Waals surface area contributed by atoms with E-state index in [2.05, 4.69) is 0 Å². The Morgan fingerprint density at radius 2 is 2.53 bits per heavy atom. The number of nitrogens with two attached hydrogens (primary N) is 1. The zero-order valence-corrected chi connectivity index (χ0v) is 10.0. The van der Waals surface area contributed by atoms with Gasteiger partial charge in [-0.15, -0.1) is 0 Å². The van der Waals surface area contributed by atoms with Crippen LogP contribution in [-0.2, 0) is 16.0 Å². The van der Waals surface area contributed by atoms with E-state index in [0.29, 0.717) is 24.5 Å². The molecular formula is C12H18N2O3. The minimum atomic E-state index is -0.320. The number of esters is 1. The highest BCUT2D eigenvalue weighted by Gasteiger charge is 2.21. The molecule has 0 amide bonds. The Labute approximate surface area is 100 Å². The summed E-state index contributed by atoms with van der Waals surface area (Å²) in [6.07, 6.45) is 3.43. The van der Waals surface area contributed by atoms with E-state index in [1.165, 1.54) is 0 Å². The highest BCUT2D eigenvalue weighted by molar-refractivity contribution is 5.89. The molecule has 0 spiro atoms. The average Bonchev–Trinajstić information content (AvgIpc) is 2.72. The van der Waals surface area contributed by atoms with Crippen LogP contribution in [0.3, 0.4) is 0 Å². The van der Waals surface area contributed by atoms with Crippen molar-refractivity contribution in [3.8, 4) is 0 Å². The molecule has 1 aromatic heterocycles. The lowest BCUT2D eigenvalue weighted by molar-refractivity contribution is -0.0312. The van der Waals surface area contributed by atoms with Crippen molar-refractivity contribution in [1.29, 1.82) is 0 Å². The molecule has 2 rings (SSSR count). The zero-order valence-electron chi connectivity index (χ0n) is 10.0. The first-order valence-corrected chi connectivity index (χ1v) is 5.95. The van der Waals surface area contributed by atoms with E-state index in [-0.39, 0.29) is 12.1 Å². The third-order valence-corrected chi connectivity index (χ3v) is 2.86. The second kappa shape index (κ2) is 5.23. The van der Waals surface area contributed by atoms with E-state index >= 15 is 0 Å². The number of rotatable bonds is 3. The van der Waals surface area contributed by atoms with Crippen LogP contribution in [0.25, 0.3) is 0 Å². The van der Waals surface area contributed by atoms with Gasteiger partial charge in [0.15, 0.2) is 0 Å². The first kappa shape index (κ1) is 12.0. The quantitative estimate of drug-likeness (QED) is 0.809. The van der Waals surface area contributed by atoms with E-state index in [4.69, 9.17) is 15.2 Å². The van der Waals surface area contributed by atoms with Crippen LogP contribution in [0, 0.1) is 0 Å². The van der Waals surface area contributed by atoms with Gasteiger partial charge in [0.2, 0.25) is 0 Å². The SMILES string of the molecule is CCn1cc(N)cc1C(=O)OC1CCCOC1. The summed E-state index contributed by atoms with van der Waals surface area (Å²) in [5.74, 6) is -0.320. The topological polar surface area (TPSA) is 66.5 Å². The van der Waals surface area contributed by atoms with Gasteiger partial charge in [0.1, 0.15) is 11.8 Å². The first-order chi connectivity index (χ1) is 8.20. The molecule has 0 radical (unpaired) electrons. The van der Waals surface area contributed by atoms with Crippen molar-refractivity contribution in [1.82, 2.24) is 4.57 Å². The molecule has 0 bridgehead atoms. The third-order valence-electron chi connectivity index (χ3n) is 2.86. The molecular weight excluding hydrogens is 220 g/mol. The number of ether oxygens (including phenoxy) is 2. The van der Waals surface area contributed by atoms with E-state index < -0.39 is 0 Å². The molecule has 0 aliphatic carbocycles. The lowest BCUT2D eigenvalue weighted by atomic mass is 10.2. The number of aryl methyl sites for hydroxylation is 1. The van der Waals surface area contributed by atoms with Crippen LogP contribution in [0.2, 0.25) is 0 Å². The monoisotopic (exact) mass is 238 g/mol. The number of hydrogen-bond donors (Lipinski definition) is 1. The van der Waals surface area contributed by atoms with Gasteiger partial charge in [-0.25, -0.2) is 4.79 Å². The predicted molar refractivity (Wildman–Crippen MR) is 63.8 cm³/mol. The van der Waals surface area contributed by atoms with Crippen LogP contribution in [0.5, 0.6) is 0 Å². The van der Waals surface area contributed by atoms with Crippen molar-refractivity contribution >= 4 is 11.7 Å². The molecule has 1 aromatic rings. The Kier molecular flexibility index (Phi) is 3.68. The smallest absolute Gasteiger partial charge is 0.355 e. The fourth-order valence-corrected chi connectivity index (χ4v) is 1.98. The molecule has 1 atom stereocenters. The van der Waals surface area contributed by atoms with Gasteiger partial charge < -0.3 is 19.8 Å². The zero-order chi connectivity index (χ0) is 12.3. The number of nitrogens with zero attached hydrogens (tertiary/aromatic N) is 1. The molecule has 1 unspecified atom stereocenters. The van der Waals surface area contributed by atoms with Crippen LogP contribution in [-0.4, -0.2) is 29.9 Å². The number of carbonyl (C=O) groups is 1. The molecule has 94 valence electrons. The maximum Gasteiger partial charge on any atom is 0.355 e. The molecule has 1 aliphatic heterocycles. The van der Waals surface area contributed by atoms with Crippen LogP contribution in [0.1, 0.15) is 30.3 Å². The summed E-state index contributed by atoms with van der Waals surface area (Å²) in [6, 6.07) is 1.65. The molecule has 5 heteroatoms. The second-order valence-electron chi connectivity index (χ2n) is 4.19. The van der Waals surface area contributed by atoms with Crippen molar-refractivity contribution in [2.24, 2.45) is 0 Å². The van der Waals surface area contributed by atoms with Crippen LogP contribution >= 0.6 is 0 Å². The Hall–Kier alpha value is -1.49. The summed E-state index contributed by atoms with van der Waals surface area (Å²) in [5, 5.41) is 0. The van der Waals surface area contributed by atoms with Gasteiger partial charge in [-0.1, -0.05) is 0 Å². The Morgan fingerprint density at radius 1 is 1.71 bits per heavy atom. The highest BCUT2D eigenvalue weighted by atomic mass is 16.6. The van der Waals surface area contributed by atoms with Crippen LogP contribution in [0.4, 0.5) is 5.69 Å². The average molecular weight is 238 g/mol. The van der Waals surface area contributed by atoms with Crippen molar-refractivity contribution in [3.05, 3.63) is 18.0 Å². The van der Waals surface area contributed by atoms with Gasteiger partial charge in [0.25, 0.3) is 0 Å². The van der Waals surface area contributed by atoms with Crippen LogP contribution in [0.15, 0.2) is 12.3 Å². The molecule has 2 heterocycles. The molecule has 1 aliphatic rings. The number of hydrogen-bond acceptors (Lipinski definition) is 4. The highest BCUT2D eigenvalue weighted by Crippen LogP contribution is 2.16. The lowest BCUT2D eigenvalue weighted by Gasteiger charge is -2.22. The summed E-state index contributed by atoms with van der Waals surface area (Å²) in [7, 11) is 0. The molecule has 17 heavy (non-hydrogen) atoms. The van der Waals surface area contributed by atoms with Gasteiger partial charge in [-0.3, -0.25) is 0 Å². The molecule has 1 saturated heterocycles. The molecule has 5 nitrogen and oxygen atoms in total. The maximum absolute atomic E-state index is 12.0. The third kappa shape index (κ3) is 2.79. The number of carbonyl (C=O) groups excluding carboxylic acids is 1. The van der Waals surface area contributed by atoms with Crippen molar-refractivity contribution in [2.75, 3.05) is 18.9 Å². The van der Waals surface area contributed by atoms with E-state index in [1.807, 2.05) is 6.92 Å². The summed E-state index contributed by atoms with van der Waals surface area (Å²) in [5.41, 5.74) is 6.76. The van der Waals surface area contributed by atoms with Gasteiger partial charge >= 0.3 is 5.97 Å². The van der Waals surface area contributed by atoms with Crippen molar-refractivity contribution in [3.63, 3.8) is 0 Å². The fraction of sp³-hybridized carbons (Fsp3) is 0.583. The van der Waals surface area contributed by atoms with E-state index in [0.717, 1.165) is 19.4 Å². The number of aromatic nitrogens is 1. The molecule has 0 aromatic carbocycles. The van der Waals surface area contributed by atoms with E-state index in [1.54, 1.807) is 16.8 Å². The summed E-state index contributed by atoms with van der Waals surface area (Å²) >= 11 is 0. The molecule has 2 N–H and O–H groups in total. The van der Waals surface area contributed by atoms with Crippen molar-refractivity contribution < 1.29 is 14.3 Å². The van der Waals surface area contributed by atoms with Crippen molar-refractivity contribution in [2.45, 2.75) is 32.4 Å². The normalized spacial score (nSPS) is 20.2. The first-order valence-electron chi connectivity index (χ1n) is 5.95. The number of nitrogen functional groups attached to an aromatic ring is 1. The minimum absolute atomic E-state index is 0.127. The Bertz CT molecular complexity index is 394. The minimum Gasteiger partial charge on any atom is -0.455 e. The van der Waals surface area contributed by atoms with Gasteiger partial charge in [-0.2, -0.15) is 0 Å². The largest absolute Gasteiger partial charge is 0.455 e. The Balaban J connectivity index is 2.02. The fourth-order valence-electron chi connectivity index (χ4n) is 1.98. The maximum atomic E-state index is 12.0. The molecule has 1 fully saturated rings. The van der Waals surface area contributed by atoms with Gasteiger partial charge in [0.05, 0.1) is 12.3 Å². The molecule has 0 saturated carbocycles. The van der Waals surface area contributed by atoms with Crippen LogP contribution < -0.4 is 5.73 Å². The van der Waals surface area contributed by atoms with E-state index in [9.17, 15) is 4.79 Å². The second-order valence-corrected chi connectivity index (χ2v) is 4.19. The number of anilines is 1. The Morgan fingerprint density at radius 3 is 3.18 bits per heavy atom. The summed E-state index contributed by atoms with van der Waals surface area (Å²) in [4.78, 5) is 12.0.